The molecule has 0 fully saturated rings. The number of hydrogen-bond donors (Lipinski definition) is 2. The lowest BCUT2D eigenvalue weighted by Crippen LogP contribution is -2.36. The van der Waals surface area contributed by atoms with Crippen LogP contribution in [0.2, 0.25) is 0 Å². The Morgan fingerprint density at radius 2 is 1.52 bits per heavy atom. The van der Waals surface area contributed by atoms with Crippen LogP contribution in [0.3, 0.4) is 0 Å². The fraction of sp³-hybridized carbons (Fsp3) is 0.208. The molecule has 4 atom stereocenters. The van der Waals surface area contributed by atoms with Crippen LogP contribution in [0.5, 0.6) is 11.5 Å². The standard InChI is InChI=1S/C24H20O5/c25-13-18-17-12-15(10-11-20(17)28-23(18)14-6-2-1-3-7-14)24-22(27)21(26)16-8-4-5-9-19(16)29-24/h1-12,18,22-25,27H,13H2. The maximum absolute atomic E-state index is 12.6. The lowest BCUT2D eigenvalue weighted by atomic mass is 9.88. The van der Waals surface area contributed by atoms with Crippen LogP contribution in [0.1, 0.15) is 45.2 Å². The quantitative estimate of drug-likeness (QED) is 0.717. The second-order valence-electron chi connectivity index (χ2n) is 7.38. The van der Waals surface area contributed by atoms with Gasteiger partial charge in [-0.2, -0.15) is 0 Å². The molecule has 4 unspecified atom stereocenters. The van der Waals surface area contributed by atoms with Gasteiger partial charge in [0, 0.05) is 5.56 Å². The molecule has 0 aromatic heterocycles. The third-order valence-corrected chi connectivity index (χ3v) is 5.67. The summed E-state index contributed by atoms with van der Waals surface area (Å²) in [4.78, 5) is 12.6. The zero-order chi connectivity index (χ0) is 20.0. The van der Waals surface area contributed by atoms with Crippen LogP contribution < -0.4 is 9.47 Å². The number of carbonyl (C=O) groups is 1. The summed E-state index contributed by atoms with van der Waals surface area (Å²) in [6, 6.07) is 22.2. The van der Waals surface area contributed by atoms with Gasteiger partial charge in [-0.25, -0.2) is 0 Å². The summed E-state index contributed by atoms with van der Waals surface area (Å²) in [7, 11) is 0. The molecule has 5 heteroatoms. The van der Waals surface area contributed by atoms with E-state index in [0.29, 0.717) is 22.6 Å². The second-order valence-corrected chi connectivity index (χ2v) is 7.38. The third kappa shape index (κ3) is 2.90. The molecular weight excluding hydrogens is 368 g/mol. The summed E-state index contributed by atoms with van der Waals surface area (Å²) < 4.78 is 12.1. The number of para-hydroxylation sites is 1. The van der Waals surface area contributed by atoms with Crippen LogP contribution in [-0.2, 0) is 0 Å². The molecule has 0 bridgehead atoms. The Bertz CT molecular complexity index is 1060. The largest absolute Gasteiger partial charge is 0.485 e. The van der Waals surface area contributed by atoms with Gasteiger partial charge in [-0.15, -0.1) is 0 Å². The summed E-state index contributed by atoms with van der Waals surface area (Å²) in [5, 5.41) is 20.6. The fourth-order valence-corrected chi connectivity index (χ4v) is 4.18. The lowest BCUT2D eigenvalue weighted by molar-refractivity contribution is 0.0216. The van der Waals surface area contributed by atoms with Crippen LogP contribution in [0.15, 0.2) is 72.8 Å². The molecule has 0 saturated heterocycles. The van der Waals surface area contributed by atoms with E-state index in [1.807, 2.05) is 42.5 Å². The van der Waals surface area contributed by atoms with Crippen molar-refractivity contribution < 1.29 is 24.5 Å². The van der Waals surface area contributed by atoms with Crippen molar-refractivity contribution in [3.05, 3.63) is 95.1 Å². The Kier molecular flexibility index (Phi) is 4.34. The van der Waals surface area contributed by atoms with E-state index < -0.39 is 12.2 Å². The summed E-state index contributed by atoms with van der Waals surface area (Å²) in [6.07, 6.45) is -2.38. The predicted octanol–water partition coefficient (Wildman–Crippen LogP) is 3.57. The van der Waals surface area contributed by atoms with Crippen LogP contribution in [0.25, 0.3) is 0 Å². The van der Waals surface area contributed by atoms with Gasteiger partial charge in [0.25, 0.3) is 0 Å². The first-order valence-electron chi connectivity index (χ1n) is 9.61. The van der Waals surface area contributed by atoms with E-state index >= 15 is 0 Å². The first-order valence-corrected chi connectivity index (χ1v) is 9.61. The molecule has 2 aliphatic heterocycles. The molecule has 0 aliphatic carbocycles. The van der Waals surface area contributed by atoms with Crippen molar-refractivity contribution in [1.82, 2.24) is 0 Å². The van der Waals surface area contributed by atoms with Gasteiger partial charge in [0.2, 0.25) is 0 Å². The highest BCUT2D eigenvalue weighted by atomic mass is 16.5. The smallest absolute Gasteiger partial charge is 0.199 e. The van der Waals surface area contributed by atoms with E-state index in [9.17, 15) is 15.0 Å². The molecule has 3 aromatic carbocycles. The zero-order valence-electron chi connectivity index (χ0n) is 15.6. The van der Waals surface area contributed by atoms with Crippen molar-refractivity contribution in [2.75, 3.05) is 6.61 Å². The molecular formula is C24H20O5. The Labute approximate surface area is 168 Å². The van der Waals surface area contributed by atoms with Crippen LogP contribution in [-0.4, -0.2) is 28.7 Å². The van der Waals surface area contributed by atoms with Crippen LogP contribution in [0, 0.1) is 0 Å². The van der Waals surface area contributed by atoms with Gasteiger partial charge in [-0.05, 0) is 35.4 Å². The molecule has 146 valence electrons. The van der Waals surface area contributed by atoms with E-state index in [1.165, 1.54) is 0 Å². The van der Waals surface area contributed by atoms with Gasteiger partial charge in [-0.1, -0.05) is 48.5 Å². The number of benzene rings is 3. The highest BCUT2D eigenvalue weighted by Gasteiger charge is 2.39. The Morgan fingerprint density at radius 1 is 0.793 bits per heavy atom. The lowest BCUT2D eigenvalue weighted by Gasteiger charge is -2.30. The van der Waals surface area contributed by atoms with Crippen molar-refractivity contribution in [2.45, 2.75) is 24.2 Å². The zero-order valence-corrected chi connectivity index (χ0v) is 15.6. The minimum Gasteiger partial charge on any atom is -0.485 e. The van der Waals surface area contributed by atoms with Gasteiger partial charge < -0.3 is 19.7 Å². The SMILES string of the molecule is O=C1c2ccccc2OC(c2ccc3c(c2)C(CO)C(c2ccccc2)O3)C1O. The van der Waals surface area contributed by atoms with Crippen molar-refractivity contribution in [1.29, 1.82) is 0 Å². The number of ketones is 1. The van der Waals surface area contributed by atoms with Gasteiger partial charge in [0.05, 0.1) is 18.1 Å². The van der Waals surface area contributed by atoms with Crippen LogP contribution in [0.4, 0.5) is 0 Å². The van der Waals surface area contributed by atoms with Crippen molar-refractivity contribution in [2.24, 2.45) is 0 Å². The monoisotopic (exact) mass is 388 g/mol. The molecule has 5 rings (SSSR count). The van der Waals surface area contributed by atoms with Gasteiger partial charge in [-0.3, -0.25) is 4.79 Å². The first-order chi connectivity index (χ1) is 14.2. The molecule has 0 radical (unpaired) electrons. The number of rotatable bonds is 3. The molecule has 29 heavy (non-hydrogen) atoms. The summed E-state index contributed by atoms with van der Waals surface area (Å²) in [6.45, 7) is -0.0775. The number of fused-ring (bicyclic) bond motifs is 2. The fourth-order valence-electron chi connectivity index (χ4n) is 4.18. The van der Waals surface area contributed by atoms with Crippen LogP contribution >= 0.6 is 0 Å². The number of ether oxygens (including phenoxy) is 2. The highest BCUT2D eigenvalue weighted by Crippen LogP contribution is 2.47. The van der Waals surface area contributed by atoms with E-state index in [2.05, 4.69) is 0 Å². The van der Waals surface area contributed by atoms with Crippen molar-refractivity contribution >= 4 is 5.78 Å². The van der Waals surface area contributed by atoms with Crippen molar-refractivity contribution in [3.63, 3.8) is 0 Å². The summed E-state index contributed by atoms with van der Waals surface area (Å²) in [5.41, 5.74) is 2.90. The number of carbonyl (C=O) groups excluding carboxylic acids is 1. The van der Waals surface area contributed by atoms with E-state index in [0.717, 1.165) is 11.1 Å². The predicted molar refractivity (Wildman–Crippen MR) is 106 cm³/mol. The van der Waals surface area contributed by atoms with Gasteiger partial charge in [0.15, 0.2) is 18.0 Å². The summed E-state index contributed by atoms with van der Waals surface area (Å²) >= 11 is 0. The molecule has 2 aliphatic rings. The molecule has 0 amide bonds. The van der Waals surface area contributed by atoms with E-state index in [4.69, 9.17) is 9.47 Å². The molecule has 5 nitrogen and oxygen atoms in total. The summed E-state index contributed by atoms with van der Waals surface area (Å²) in [5.74, 6) is 0.564. The number of Topliss-reactive ketones (excluding diaryl/α,β-unsaturated/α-hetero) is 1. The number of aliphatic hydroxyl groups excluding tert-OH is 2. The normalized spacial score (nSPS) is 25.0. The molecule has 0 spiro atoms. The van der Waals surface area contributed by atoms with E-state index in [-0.39, 0.29) is 24.4 Å². The highest BCUT2D eigenvalue weighted by molar-refractivity contribution is 6.03. The number of aliphatic hydroxyl groups is 2. The third-order valence-electron chi connectivity index (χ3n) is 5.67. The molecule has 2 N–H and O–H groups in total. The number of hydrogen-bond acceptors (Lipinski definition) is 5. The maximum atomic E-state index is 12.6. The minimum atomic E-state index is -1.29. The topological polar surface area (TPSA) is 76.0 Å². The Hall–Kier alpha value is -3.15. The second kappa shape index (κ2) is 7.03. The average molecular weight is 388 g/mol. The Balaban J connectivity index is 1.50. The van der Waals surface area contributed by atoms with Gasteiger partial charge >= 0.3 is 0 Å². The first kappa shape index (κ1) is 17.9. The van der Waals surface area contributed by atoms with E-state index in [1.54, 1.807) is 30.3 Å². The molecule has 0 saturated carbocycles. The minimum absolute atomic E-state index is 0.0775. The van der Waals surface area contributed by atoms with Crippen molar-refractivity contribution in [3.8, 4) is 11.5 Å². The Morgan fingerprint density at radius 3 is 2.31 bits per heavy atom. The van der Waals surface area contributed by atoms with Gasteiger partial charge in [0.1, 0.15) is 17.6 Å². The molecule has 3 aromatic rings. The molecule has 2 heterocycles. The average Bonchev–Trinajstić information content (AvgIpc) is 3.14. The maximum Gasteiger partial charge on any atom is 0.199 e.